The summed E-state index contributed by atoms with van der Waals surface area (Å²) in [5.74, 6) is -0.381. The monoisotopic (exact) mass is 449 g/mol. The number of fused-ring (bicyclic) bond motifs is 4. The SMILES string of the molecule is CC1[C@H]2Cc3ccc(OS(=O)(=O)C(F)(F)F)cc3[C@@]1(C)CCN2C(=O)OC(C)(C)C. The summed E-state index contributed by atoms with van der Waals surface area (Å²) >= 11 is 0. The highest BCUT2D eigenvalue weighted by Crippen LogP contribution is 2.49. The van der Waals surface area contributed by atoms with Crippen LogP contribution in [-0.4, -0.2) is 43.1 Å². The minimum absolute atomic E-state index is 0.0132. The van der Waals surface area contributed by atoms with Crippen molar-refractivity contribution in [2.45, 2.75) is 70.0 Å². The van der Waals surface area contributed by atoms with Gasteiger partial charge in [0.2, 0.25) is 0 Å². The molecule has 3 atom stereocenters. The van der Waals surface area contributed by atoms with Crippen molar-refractivity contribution in [1.82, 2.24) is 4.90 Å². The maximum atomic E-state index is 12.7. The average Bonchev–Trinajstić information content (AvgIpc) is 2.55. The summed E-state index contributed by atoms with van der Waals surface area (Å²) in [6.45, 7) is 9.81. The maximum Gasteiger partial charge on any atom is 0.534 e. The molecule has 1 heterocycles. The van der Waals surface area contributed by atoms with Crippen LogP contribution in [0.5, 0.6) is 5.75 Å². The number of benzene rings is 1. The van der Waals surface area contributed by atoms with Gasteiger partial charge in [-0.1, -0.05) is 19.9 Å². The number of hydrogen-bond acceptors (Lipinski definition) is 5. The van der Waals surface area contributed by atoms with Crippen LogP contribution in [0, 0.1) is 5.92 Å². The second kappa shape index (κ2) is 7.03. The molecule has 1 fully saturated rings. The van der Waals surface area contributed by atoms with Crippen molar-refractivity contribution < 1.29 is 35.3 Å². The topological polar surface area (TPSA) is 72.9 Å². The number of likely N-dealkylation sites (tertiary alicyclic amines) is 1. The summed E-state index contributed by atoms with van der Waals surface area (Å²) in [6.07, 6.45) is 0.672. The van der Waals surface area contributed by atoms with Crippen molar-refractivity contribution in [3.63, 3.8) is 0 Å². The molecule has 0 aromatic heterocycles. The molecule has 0 radical (unpaired) electrons. The van der Waals surface area contributed by atoms with E-state index in [9.17, 15) is 26.4 Å². The van der Waals surface area contributed by atoms with Gasteiger partial charge in [0.15, 0.2) is 0 Å². The predicted octanol–water partition coefficient (Wildman–Crippen LogP) is 4.37. The summed E-state index contributed by atoms with van der Waals surface area (Å²) in [5, 5.41) is 0. The molecule has 0 N–H and O–H groups in total. The van der Waals surface area contributed by atoms with Crippen LogP contribution in [0.4, 0.5) is 18.0 Å². The molecule has 168 valence electrons. The van der Waals surface area contributed by atoms with Crippen molar-refractivity contribution >= 4 is 16.2 Å². The lowest BCUT2D eigenvalue weighted by Gasteiger charge is -2.54. The van der Waals surface area contributed by atoms with Crippen LogP contribution in [0.3, 0.4) is 0 Å². The van der Waals surface area contributed by atoms with E-state index in [1.165, 1.54) is 12.1 Å². The van der Waals surface area contributed by atoms with Crippen molar-refractivity contribution in [3.8, 4) is 5.75 Å². The molecule has 2 aliphatic rings. The Balaban J connectivity index is 1.93. The molecule has 1 unspecified atom stereocenters. The van der Waals surface area contributed by atoms with Gasteiger partial charge in [-0.2, -0.15) is 21.6 Å². The summed E-state index contributed by atoms with van der Waals surface area (Å²) in [4.78, 5) is 14.4. The second-order valence-electron chi connectivity index (χ2n) is 9.20. The van der Waals surface area contributed by atoms with Gasteiger partial charge in [0.05, 0.1) is 0 Å². The van der Waals surface area contributed by atoms with Crippen LogP contribution >= 0.6 is 0 Å². The highest BCUT2D eigenvalue weighted by molar-refractivity contribution is 7.88. The Labute approximate surface area is 174 Å². The van der Waals surface area contributed by atoms with Crippen molar-refractivity contribution in [2.75, 3.05) is 6.54 Å². The third-order valence-electron chi connectivity index (χ3n) is 6.10. The van der Waals surface area contributed by atoms with Gasteiger partial charge < -0.3 is 13.8 Å². The molecule has 1 aromatic carbocycles. The first-order valence-corrected chi connectivity index (χ1v) is 11.1. The highest BCUT2D eigenvalue weighted by atomic mass is 32.2. The molecule has 1 amide bonds. The van der Waals surface area contributed by atoms with E-state index in [0.717, 1.165) is 11.1 Å². The number of piperidine rings is 1. The minimum atomic E-state index is -5.74. The van der Waals surface area contributed by atoms with Gasteiger partial charge in [0.1, 0.15) is 11.4 Å². The van der Waals surface area contributed by atoms with E-state index < -0.39 is 26.6 Å². The van der Waals surface area contributed by atoms with Crippen LogP contribution in [0.25, 0.3) is 0 Å². The lowest BCUT2D eigenvalue weighted by atomic mass is 9.59. The Hall–Kier alpha value is -1.97. The van der Waals surface area contributed by atoms with E-state index in [4.69, 9.17) is 4.74 Å². The van der Waals surface area contributed by atoms with Crippen molar-refractivity contribution in [1.29, 1.82) is 0 Å². The first-order valence-electron chi connectivity index (χ1n) is 9.69. The highest BCUT2D eigenvalue weighted by Gasteiger charge is 2.51. The minimum Gasteiger partial charge on any atom is -0.444 e. The fraction of sp³-hybridized carbons (Fsp3) is 0.650. The normalized spacial score (nSPS) is 26.7. The first-order chi connectivity index (χ1) is 13.6. The number of rotatable bonds is 2. The maximum absolute atomic E-state index is 12.7. The van der Waals surface area contributed by atoms with E-state index in [2.05, 4.69) is 4.18 Å². The van der Waals surface area contributed by atoms with Gasteiger partial charge in [-0.3, -0.25) is 0 Å². The summed E-state index contributed by atoms with van der Waals surface area (Å²) < 4.78 is 70.6. The fourth-order valence-corrected chi connectivity index (χ4v) is 4.82. The van der Waals surface area contributed by atoms with Crippen LogP contribution < -0.4 is 4.18 Å². The third kappa shape index (κ3) is 3.98. The summed E-state index contributed by atoms with van der Waals surface area (Å²) in [7, 11) is -5.74. The molecule has 6 nitrogen and oxygen atoms in total. The van der Waals surface area contributed by atoms with E-state index in [1.807, 2.05) is 13.8 Å². The largest absolute Gasteiger partial charge is 0.534 e. The lowest BCUT2D eigenvalue weighted by Crippen LogP contribution is -2.60. The molecule has 1 saturated heterocycles. The Morgan fingerprint density at radius 1 is 1.23 bits per heavy atom. The summed E-state index contributed by atoms with van der Waals surface area (Å²) in [5.41, 5.74) is -4.96. The molecule has 10 heteroatoms. The summed E-state index contributed by atoms with van der Waals surface area (Å²) in [6, 6.07) is 4.05. The quantitative estimate of drug-likeness (QED) is 0.495. The molecule has 1 aromatic rings. The molecule has 2 bridgehead atoms. The van der Waals surface area contributed by atoms with Crippen LogP contribution in [0.2, 0.25) is 0 Å². The molecule has 0 saturated carbocycles. The van der Waals surface area contributed by atoms with Gasteiger partial charge in [-0.15, -0.1) is 0 Å². The zero-order chi connectivity index (χ0) is 22.7. The zero-order valence-corrected chi connectivity index (χ0v) is 18.4. The van der Waals surface area contributed by atoms with Gasteiger partial charge >= 0.3 is 21.7 Å². The Morgan fingerprint density at radius 2 is 1.87 bits per heavy atom. The third-order valence-corrected chi connectivity index (χ3v) is 7.08. The molecular weight excluding hydrogens is 423 g/mol. The van der Waals surface area contributed by atoms with E-state index in [-0.39, 0.29) is 23.8 Å². The van der Waals surface area contributed by atoms with E-state index in [1.54, 1.807) is 31.7 Å². The Morgan fingerprint density at radius 3 is 2.43 bits per heavy atom. The molecule has 30 heavy (non-hydrogen) atoms. The van der Waals surface area contributed by atoms with Gasteiger partial charge in [0.25, 0.3) is 0 Å². The molecule has 3 rings (SSSR count). The van der Waals surface area contributed by atoms with Crippen molar-refractivity contribution in [3.05, 3.63) is 29.3 Å². The fourth-order valence-electron chi connectivity index (χ4n) is 4.37. The Bertz CT molecular complexity index is 954. The van der Waals surface area contributed by atoms with Crippen LogP contribution in [-0.2, 0) is 26.7 Å². The number of carbonyl (C=O) groups is 1. The van der Waals surface area contributed by atoms with Crippen LogP contribution in [0.1, 0.15) is 52.2 Å². The first kappa shape index (κ1) is 22.7. The van der Waals surface area contributed by atoms with Crippen LogP contribution in [0.15, 0.2) is 18.2 Å². The van der Waals surface area contributed by atoms with Gasteiger partial charge in [0, 0.05) is 12.6 Å². The molecule has 1 aliphatic carbocycles. The molecular formula is C20H26F3NO5S. The lowest BCUT2D eigenvalue weighted by molar-refractivity contribution is -0.0500. The van der Waals surface area contributed by atoms with E-state index in [0.29, 0.717) is 19.4 Å². The van der Waals surface area contributed by atoms with E-state index >= 15 is 0 Å². The number of alkyl halides is 3. The second-order valence-corrected chi connectivity index (χ2v) is 10.7. The number of amides is 1. The predicted molar refractivity (Wildman–Crippen MR) is 104 cm³/mol. The van der Waals surface area contributed by atoms with Gasteiger partial charge in [-0.25, -0.2) is 4.79 Å². The van der Waals surface area contributed by atoms with Gasteiger partial charge in [-0.05, 0) is 68.2 Å². The number of halogens is 3. The number of ether oxygens (including phenoxy) is 1. The number of nitrogens with zero attached hydrogens (tertiary/aromatic N) is 1. The standard InChI is InChI=1S/C20H26F3NO5S/c1-12-16-10-13-6-7-14(29-30(26,27)20(21,22)23)11-15(13)19(12,5)8-9-24(16)17(25)28-18(2,3)4/h6-7,11-12,16H,8-10H2,1-5H3/t12?,16-,19+/m1/s1. The number of hydrogen-bond donors (Lipinski definition) is 0. The molecule has 0 spiro atoms. The molecule has 1 aliphatic heterocycles. The average molecular weight is 449 g/mol. The number of carbonyl (C=O) groups excluding carboxylic acids is 1. The smallest absolute Gasteiger partial charge is 0.444 e. The Kier molecular flexibility index (Phi) is 5.32. The van der Waals surface area contributed by atoms with Crippen molar-refractivity contribution in [2.24, 2.45) is 5.92 Å². The zero-order valence-electron chi connectivity index (χ0n) is 17.5.